The van der Waals surface area contributed by atoms with Crippen LogP contribution in [-0.4, -0.2) is 31.7 Å². The van der Waals surface area contributed by atoms with Crippen LogP contribution in [0.15, 0.2) is 18.2 Å². The zero-order valence-electron chi connectivity index (χ0n) is 14.6. The van der Waals surface area contributed by atoms with E-state index in [9.17, 15) is 13.6 Å². The van der Waals surface area contributed by atoms with E-state index >= 15 is 0 Å². The fraction of sp³-hybridized carbons (Fsp3) is 0.611. The lowest BCUT2D eigenvalue weighted by molar-refractivity contribution is -0.0512. The number of ether oxygens (including phenoxy) is 2. The monoisotopic (exact) mass is 390 g/mol. The first kappa shape index (κ1) is 20.7. The lowest BCUT2D eigenvalue weighted by atomic mass is 9.67. The van der Waals surface area contributed by atoms with Crippen LogP contribution in [-0.2, 0) is 0 Å². The third kappa shape index (κ3) is 4.57. The van der Waals surface area contributed by atoms with Crippen molar-refractivity contribution in [2.75, 3.05) is 7.11 Å². The third-order valence-electron chi connectivity index (χ3n) is 5.32. The molecule has 146 valence electrons. The highest BCUT2D eigenvalue weighted by atomic mass is 35.5. The molecular formula is C18H25ClF2N2O3. The van der Waals surface area contributed by atoms with Crippen LogP contribution < -0.4 is 20.5 Å². The van der Waals surface area contributed by atoms with Crippen LogP contribution in [0.2, 0.25) is 0 Å². The summed E-state index contributed by atoms with van der Waals surface area (Å²) in [5, 5.41) is 3.13. The number of nitrogens with two attached hydrogens (primary N) is 1. The van der Waals surface area contributed by atoms with Crippen molar-refractivity contribution < 1.29 is 23.0 Å². The molecule has 3 rings (SSSR count). The van der Waals surface area contributed by atoms with Crippen molar-refractivity contribution in [1.29, 1.82) is 0 Å². The Kier molecular flexibility index (Phi) is 7.06. The molecule has 2 fully saturated rings. The van der Waals surface area contributed by atoms with Crippen LogP contribution >= 0.6 is 12.4 Å². The first-order valence-electron chi connectivity index (χ1n) is 8.67. The van der Waals surface area contributed by atoms with Crippen molar-refractivity contribution in [1.82, 2.24) is 5.32 Å². The Morgan fingerprint density at radius 1 is 1.23 bits per heavy atom. The zero-order valence-corrected chi connectivity index (χ0v) is 15.4. The van der Waals surface area contributed by atoms with E-state index in [0.29, 0.717) is 17.4 Å². The van der Waals surface area contributed by atoms with Gasteiger partial charge in [-0.05, 0) is 55.7 Å². The van der Waals surface area contributed by atoms with E-state index in [4.69, 9.17) is 10.5 Å². The molecule has 2 bridgehead atoms. The number of hydrogen-bond acceptors (Lipinski definition) is 4. The molecule has 2 saturated carbocycles. The second-order valence-corrected chi connectivity index (χ2v) is 6.93. The van der Waals surface area contributed by atoms with Crippen LogP contribution in [0.5, 0.6) is 11.5 Å². The Bertz CT molecular complexity index is 618. The fourth-order valence-corrected chi connectivity index (χ4v) is 4.26. The maximum absolute atomic E-state index is 12.6. The highest BCUT2D eigenvalue weighted by Gasteiger charge is 2.40. The zero-order chi connectivity index (χ0) is 18.0. The number of alkyl halides is 2. The van der Waals surface area contributed by atoms with Gasteiger partial charge in [0.15, 0.2) is 11.5 Å². The summed E-state index contributed by atoms with van der Waals surface area (Å²) in [5.41, 5.74) is 6.49. The van der Waals surface area contributed by atoms with Crippen molar-refractivity contribution in [3.63, 3.8) is 0 Å². The average Bonchev–Trinajstić information content (AvgIpc) is 2.55. The second-order valence-electron chi connectivity index (χ2n) is 6.93. The van der Waals surface area contributed by atoms with Gasteiger partial charge in [0.2, 0.25) is 0 Å². The highest BCUT2D eigenvalue weighted by molar-refractivity contribution is 5.95. The summed E-state index contributed by atoms with van der Waals surface area (Å²) in [5.74, 6) is 0.622. The molecule has 0 heterocycles. The molecule has 0 radical (unpaired) electrons. The molecule has 2 unspecified atom stereocenters. The Labute approximate surface area is 158 Å². The molecule has 8 heteroatoms. The van der Waals surface area contributed by atoms with Crippen LogP contribution in [0.25, 0.3) is 0 Å². The molecule has 5 nitrogen and oxygen atoms in total. The van der Waals surface area contributed by atoms with E-state index in [-0.39, 0.29) is 41.9 Å². The van der Waals surface area contributed by atoms with Crippen LogP contribution in [0, 0.1) is 11.8 Å². The molecule has 2 aliphatic rings. The second kappa shape index (κ2) is 8.86. The van der Waals surface area contributed by atoms with Crippen LogP contribution in [0.1, 0.15) is 42.5 Å². The molecule has 0 aromatic heterocycles. The number of rotatable bonds is 5. The minimum Gasteiger partial charge on any atom is -0.493 e. The largest absolute Gasteiger partial charge is 0.493 e. The molecule has 2 atom stereocenters. The Morgan fingerprint density at radius 2 is 1.88 bits per heavy atom. The standard InChI is InChI=1S/C18H24F2N2O3.ClH/c1-24-15-9-12(5-6-14(15)25-18(19)20)17(23)22-16-10-3-2-4-11(16)8-13(21)7-10;/h5-6,9-11,13,16,18H,2-4,7-8,21H2,1H3,(H,22,23);1H. The maximum Gasteiger partial charge on any atom is 0.387 e. The van der Waals surface area contributed by atoms with Crippen LogP contribution in [0.3, 0.4) is 0 Å². The van der Waals surface area contributed by atoms with Gasteiger partial charge < -0.3 is 20.5 Å². The van der Waals surface area contributed by atoms with E-state index in [1.807, 2.05) is 0 Å². The number of benzene rings is 1. The normalized spacial score (nSPS) is 27.4. The lowest BCUT2D eigenvalue weighted by Crippen LogP contribution is -2.53. The van der Waals surface area contributed by atoms with E-state index in [2.05, 4.69) is 10.1 Å². The molecule has 1 aromatic rings. The van der Waals surface area contributed by atoms with Crippen molar-refractivity contribution in [3.05, 3.63) is 23.8 Å². The molecule has 0 spiro atoms. The van der Waals surface area contributed by atoms with Gasteiger partial charge >= 0.3 is 6.61 Å². The van der Waals surface area contributed by atoms with Gasteiger partial charge in [-0.1, -0.05) is 6.42 Å². The van der Waals surface area contributed by atoms with Gasteiger partial charge in [0.05, 0.1) is 7.11 Å². The Hall–Kier alpha value is -1.60. The van der Waals surface area contributed by atoms with E-state index in [1.165, 1.54) is 31.7 Å². The minimum absolute atomic E-state index is 0. The first-order chi connectivity index (χ1) is 12.0. The summed E-state index contributed by atoms with van der Waals surface area (Å²) in [7, 11) is 1.35. The van der Waals surface area contributed by atoms with Crippen LogP contribution in [0.4, 0.5) is 8.78 Å². The van der Waals surface area contributed by atoms with E-state index in [0.717, 1.165) is 25.7 Å². The number of carbonyl (C=O) groups excluding carboxylic acids is 1. The quantitative estimate of drug-likeness (QED) is 0.808. The molecular weight excluding hydrogens is 366 g/mol. The van der Waals surface area contributed by atoms with Gasteiger partial charge in [-0.2, -0.15) is 8.78 Å². The van der Waals surface area contributed by atoms with Gasteiger partial charge in [-0.3, -0.25) is 4.79 Å². The topological polar surface area (TPSA) is 73.6 Å². The van der Waals surface area contributed by atoms with Gasteiger partial charge in [-0.15, -0.1) is 12.4 Å². The van der Waals surface area contributed by atoms with E-state index in [1.54, 1.807) is 0 Å². The maximum atomic E-state index is 12.6. The number of methoxy groups -OCH3 is 1. The molecule has 1 aromatic carbocycles. The Morgan fingerprint density at radius 3 is 2.46 bits per heavy atom. The molecule has 1 amide bonds. The predicted molar refractivity (Wildman–Crippen MR) is 96.2 cm³/mol. The molecule has 3 N–H and O–H groups in total. The summed E-state index contributed by atoms with van der Waals surface area (Å²) in [6.45, 7) is -2.95. The minimum atomic E-state index is -2.95. The lowest BCUT2D eigenvalue weighted by Gasteiger charge is -2.45. The molecule has 0 aliphatic heterocycles. The fourth-order valence-electron chi connectivity index (χ4n) is 4.26. The number of amides is 1. The summed E-state index contributed by atoms with van der Waals surface area (Å²) in [4.78, 5) is 12.6. The molecule has 26 heavy (non-hydrogen) atoms. The van der Waals surface area contributed by atoms with Crippen molar-refractivity contribution in [2.24, 2.45) is 17.6 Å². The smallest absolute Gasteiger partial charge is 0.387 e. The first-order valence-corrected chi connectivity index (χ1v) is 8.67. The van der Waals surface area contributed by atoms with Gasteiger partial charge in [0, 0.05) is 17.6 Å². The number of fused-ring (bicyclic) bond motifs is 2. The highest BCUT2D eigenvalue weighted by Crippen LogP contribution is 2.40. The summed E-state index contributed by atoms with van der Waals surface area (Å²) in [6, 6.07) is 4.58. The summed E-state index contributed by atoms with van der Waals surface area (Å²) in [6.07, 6.45) is 5.22. The SMILES string of the molecule is COc1cc(C(=O)NC2C3CCCC2CC(N)C3)ccc1OC(F)F.Cl. The van der Waals surface area contributed by atoms with Crippen molar-refractivity contribution in [3.8, 4) is 11.5 Å². The number of halogens is 3. The van der Waals surface area contributed by atoms with Gasteiger partial charge in [0.1, 0.15) is 0 Å². The molecule has 0 saturated heterocycles. The number of carbonyl (C=O) groups is 1. The number of hydrogen-bond donors (Lipinski definition) is 2. The predicted octanol–water partition coefficient (Wildman–Crippen LogP) is 3.35. The third-order valence-corrected chi connectivity index (χ3v) is 5.32. The molecule has 2 aliphatic carbocycles. The summed E-state index contributed by atoms with van der Waals surface area (Å²) >= 11 is 0. The average molecular weight is 391 g/mol. The van der Waals surface area contributed by atoms with Gasteiger partial charge in [0.25, 0.3) is 5.91 Å². The van der Waals surface area contributed by atoms with E-state index < -0.39 is 6.61 Å². The van der Waals surface area contributed by atoms with Crippen molar-refractivity contribution >= 4 is 18.3 Å². The van der Waals surface area contributed by atoms with Gasteiger partial charge in [-0.25, -0.2) is 0 Å². The number of nitrogens with one attached hydrogen (secondary N) is 1. The van der Waals surface area contributed by atoms with Crippen molar-refractivity contribution in [2.45, 2.75) is 50.8 Å². The summed E-state index contributed by atoms with van der Waals surface area (Å²) < 4.78 is 34.3. The Balaban J connectivity index is 0.00000243.